The molecular formula is C65H113NO18. The van der Waals surface area contributed by atoms with Gasteiger partial charge in [-0.25, -0.2) is 0 Å². The van der Waals surface area contributed by atoms with Crippen molar-refractivity contribution in [2.24, 2.45) is 0 Å². The molecule has 0 spiro atoms. The van der Waals surface area contributed by atoms with Crippen LogP contribution in [0.1, 0.15) is 200 Å². The molecule has 486 valence electrons. The third-order valence-corrected chi connectivity index (χ3v) is 15.8. The smallest absolute Gasteiger partial charge is 0.220 e. The zero-order valence-electron chi connectivity index (χ0n) is 50.9. The highest BCUT2D eigenvalue weighted by atomic mass is 16.8. The molecule has 12 N–H and O–H groups in total. The van der Waals surface area contributed by atoms with E-state index in [2.05, 4.69) is 67.8 Å². The van der Waals surface area contributed by atoms with E-state index < -0.39 is 131 Å². The van der Waals surface area contributed by atoms with Gasteiger partial charge in [0.1, 0.15) is 73.2 Å². The Hall–Kier alpha value is -2.77. The molecule has 17 atom stereocenters. The Balaban J connectivity index is 1.47. The summed E-state index contributed by atoms with van der Waals surface area (Å²) in [5.74, 6) is -0.367. The minimum Gasteiger partial charge on any atom is -0.394 e. The highest BCUT2D eigenvalue weighted by Crippen LogP contribution is 2.33. The second-order valence-electron chi connectivity index (χ2n) is 22.8. The lowest BCUT2D eigenvalue weighted by Gasteiger charge is -2.48. The van der Waals surface area contributed by atoms with Gasteiger partial charge in [-0.15, -0.1) is 0 Å². The van der Waals surface area contributed by atoms with Crippen molar-refractivity contribution in [3.63, 3.8) is 0 Å². The fraction of sp³-hybridized carbons (Fsp3) is 0.800. The second kappa shape index (κ2) is 47.3. The first-order valence-electron chi connectivity index (χ1n) is 32.2. The van der Waals surface area contributed by atoms with E-state index in [1.165, 1.54) is 122 Å². The van der Waals surface area contributed by atoms with E-state index in [4.69, 9.17) is 28.4 Å². The Morgan fingerprint density at radius 1 is 0.440 bits per heavy atom. The molecule has 3 rings (SSSR count). The molecule has 3 saturated heterocycles. The van der Waals surface area contributed by atoms with Crippen molar-refractivity contribution < 1.29 is 89.4 Å². The number of allylic oxidation sites excluding steroid dienone is 11. The molecule has 1 amide bonds. The van der Waals surface area contributed by atoms with Crippen molar-refractivity contribution in [2.45, 2.75) is 304 Å². The van der Waals surface area contributed by atoms with Crippen LogP contribution < -0.4 is 5.32 Å². The van der Waals surface area contributed by atoms with Gasteiger partial charge in [0.15, 0.2) is 18.9 Å². The molecule has 17 unspecified atom stereocenters. The molecule has 19 nitrogen and oxygen atoms in total. The van der Waals surface area contributed by atoms with Crippen molar-refractivity contribution in [1.82, 2.24) is 5.32 Å². The number of nitrogens with one attached hydrogen (secondary N) is 1. The fourth-order valence-electron chi connectivity index (χ4n) is 10.5. The van der Waals surface area contributed by atoms with E-state index in [-0.39, 0.29) is 12.3 Å². The molecule has 0 aromatic rings. The maximum Gasteiger partial charge on any atom is 0.220 e. The van der Waals surface area contributed by atoms with Crippen LogP contribution in [0.4, 0.5) is 0 Å². The molecule has 3 fully saturated rings. The Labute approximate surface area is 502 Å². The summed E-state index contributed by atoms with van der Waals surface area (Å²) in [6, 6.07) is -1.03. The van der Waals surface area contributed by atoms with Gasteiger partial charge in [0.2, 0.25) is 5.91 Å². The van der Waals surface area contributed by atoms with Gasteiger partial charge >= 0.3 is 0 Å². The molecule has 0 radical (unpaired) electrons. The van der Waals surface area contributed by atoms with E-state index in [0.29, 0.717) is 19.3 Å². The number of rotatable bonds is 47. The topological polar surface area (TPSA) is 307 Å². The molecule has 84 heavy (non-hydrogen) atoms. The summed E-state index contributed by atoms with van der Waals surface area (Å²) < 4.78 is 34.2. The van der Waals surface area contributed by atoms with Gasteiger partial charge in [0.05, 0.1) is 38.6 Å². The maximum absolute atomic E-state index is 13.3. The summed E-state index contributed by atoms with van der Waals surface area (Å²) in [6.07, 6.45) is 30.7. The zero-order valence-corrected chi connectivity index (χ0v) is 50.9. The monoisotopic (exact) mass is 1200 g/mol. The molecule has 19 heteroatoms. The van der Waals surface area contributed by atoms with Gasteiger partial charge in [-0.3, -0.25) is 4.79 Å². The molecule has 0 aliphatic carbocycles. The summed E-state index contributed by atoms with van der Waals surface area (Å²) in [4.78, 5) is 13.3. The number of amides is 1. The van der Waals surface area contributed by atoms with Crippen molar-refractivity contribution in [3.05, 3.63) is 72.9 Å². The summed E-state index contributed by atoms with van der Waals surface area (Å²) in [5.41, 5.74) is 0. The summed E-state index contributed by atoms with van der Waals surface area (Å²) in [5, 5.41) is 120. The van der Waals surface area contributed by atoms with Gasteiger partial charge in [-0.1, -0.05) is 209 Å². The number of hydrogen-bond acceptors (Lipinski definition) is 18. The van der Waals surface area contributed by atoms with E-state index in [1.807, 2.05) is 18.2 Å². The number of carbonyl (C=O) groups excluding carboxylic acids is 1. The first-order valence-corrected chi connectivity index (χ1v) is 32.2. The van der Waals surface area contributed by atoms with Gasteiger partial charge in [0.25, 0.3) is 0 Å². The fourth-order valence-corrected chi connectivity index (χ4v) is 10.5. The van der Waals surface area contributed by atoms with E-state index >= 15 is 0 Å². The number of hydrogen-bond donors (Lipinski definition) is 12. The summed E-state index contributed by atoms with van der Waals surface area (Å²) >= 11 is 0. The largest absolute Gasteiger partial charge is 0.394 e. The molecular weight excluding hydrogens is 1080 g/mol. The Morgan fingerprint density at radius 3 is 1.32 bits per heavy atom. The lowest BCUT2D eigenvalue weighted by Crippen LogP contribution is -2.66. The van der Waals surface area contributed by atoms with Gasteiger partial charge in [-0.2, -0.15) is 0 Å². The zero-order chi connectivity index (χ0) is 61.2. The normalized spacial score (nSPS) is 29.7. The molecule has 0 bridgehead atoms. The third kappa shape index (κ3) is 30.0. The highest BCUT2D eigenvalue weighted by Gasteiger charge is 2.53. The van der Waals surface area contributed by atoms with Crippen molar-refractivity contribution in [3.8, 4) is 0 Å². The number of ether oxygens (including phenoxy) is 6. The molecule has 3 heterocycles. The molecule has 0 aromatic heterocycles. The SMILES string of the molecule is CC/C=C\C/C=C\C/C=C\C/C=C\CCC(=O)NC(COC1OC(CO)C(OC2OC(CO)C(OC3OC(CO)C(O)C(O)C3O)C(O)C2O)C(O)C1O)C(O)/C=C/CC/C=C/CCCCCCCCCCCCCCCCCCCCCC. The number of aliphatic hydroxyl groups is 11. The number of aliphatic hydroxyl groups excluding tert-OH is 11. The average Bonchev–Trinajstić information content (AvgIpc) is 2.92. The predicted octanol–water partition coefficient (Wildman–Crippen LogP) is 6.99. The van der Waals surface area contributed by atoms with Gasteiger partial charge in [-0.05, 0) is 57.8 Å². The van der Waals surface area contributed by atoms with Crippen molar-refractivity contribution in [1.29, 1.82) is 0 Å². The maximum atomic E-state index is 13.3. The summed E-state index contributed by atoms with van der Waals surface area (Å²) in [7, 11) is 0. The molecule has 3 aliphatic rings. The van der Waals surface area contributed by atoms with Crippen LogP contribution in [0.3, 0.4) is 0 Å². The van der Waals surface area contributed by atoms with Crippen LogP contribution >= 0.6 is 0 Å². The second-order valence-corrected chi connectivity index (χ2v) is 22.8. The van der Waals surface area contributed by atoms with E-state index in [0.717, 1.165) is 38.5 Å². The average molecular weight is 1200 g/mol. The highest BCUT2D eigenvalue weighted by molar-refractivity contribution is 5.76. The Kier molecular flexibility index (Phi) is 42.5. The first-order chi connectivity index (χ1) is 40.8. The minimum atomic E-state index is -1.99. The van der Waals surface area contributed by atoms with Gasteiger partial charge in [0, 0.05) is 6.42 Å². The van der Waals surface area contributed by atoms with Crippen LogP contribution in [0.15, 0.2) is 72.9 Å². The quantitative estimate of drug-likeness (QED) is 0.0216. The Morgan fingerprint density at radius 2 is 0.833 bits per heavy atom. The van der Waals surface area contributed by atoms with Crippen LogP contribution in [0.2, 0.25) is 0 Å². The minimum absolute atomic E-state index is 0.111. The van der Waals surface area contributed by atoms with E-state index in [1.54, 1.807) is 6.08 Å². The van der Waals surface area contributed by atoms with Crippen LogP contribution in [-0.4, -0.2) is 193 Å². The van der Waals surface area contributed by atoms with Crippen LogP contribution in [0.25, 0.3) is 0 Å². The van der Waals surface area contributed by atoms with Crippen LogP contribution in [0.5, 0.6) is 0 Å². The number of carbonyl (C=O) groups is 1. The first kappa shape index (κ1) is 75.5. The predicted molar refractivity (Wildman–Crippen MR) is 323 cm³/mol. The molecule has 0 aromatic carbocycles. The van der Waals surface area contributed by atoms with Crippen molar-refractivity contribution in [2.75, 3.05) is 26.4 Å². The van der Waals surface area contributed by atoms with E-state index in [9.17, 15) is 61.0 Å². The van der Waals surface area contributed by atoms with Crippen LogP contribution in [0, 0.1) is 0 Å². The molecule has 0 saturated carbocycles. The lowest BCUT2D eigenvalue weighted by atomic mass is 9.96. The van der Waals surface area contributed by atoms with Crippen LogP contribution in [-0.2, 0) is 33.2 Å². The number of unbranched alkanes of at least 4 members (excludes halogenated alkanes) is 21. The molecule has 3 aliphatic heterocycles. The third-order valence-electron chi connectivity index (χ3n) is 15.8. The Bertz CT molecular complexity index is 1810. The van der Waals surface area contributed by atoms with Gasteiger partial charge < -0.3 is 89.9 Å². The summed E-state index contributed by atoms with van der Waals surface area (Å²) in [6.45, 7) is 1.53. The van der Waals surface area contributed by atoms with Crippen molar-refractivity contribution >= 4 is 5.91 Å². The standard InChI is InChI=1S/C65H113NO18/c1-3-5-7-9-11-13-15-17-18-19-20-21-22-23-24-25-26-27-28-29-31-32-34-36-38-40-42-49(70)48(66-53(71)43-41-39-37-35-33-30-16-14-12-10-8-6-4-2)47-79-63-59(77)56(74)61(51(45-68)81-63)84-65-60(78)57(75)62(52(46-69)82-65)83-64-58(76)55(73)54(72)50(44-67)80-64/h6,8,12,14,30,32-34,37,39-40,42,48-52,54-65,67-70,72-78H,3-5,7,9-11,13,15-29,31,35-36,38,41,43-47H2,1-2H3,(H,66,71)/b8-6-,14-12-,33-30-,34-32+,39-37-,42-40+. The lowest BCUT2D eigenvalue weighted by molar-refractivity contribution is -0.379.